The first-order valence-electron chi connectivity index (χ1n) is 7.74. The van der Waals surface area contributed by atoms with E-state index in [9.17, 15) is 9.59 Å². The highest BCUT2D eigenvalue weighted by Gasteiger charge is 2.25. The van der Waals surface area contributed by atoms with Crippen molar-refractivity contribution < 1.29 is 14.3 Å². The van der Waals surface area contributed by atoms with E-state index in [0.717, 1.165) is 17.7 Å². The number of nitrogens with zero attached hydrogens (tertiary/aromatic N) is 1. The highest BCUT2D eigenvalue weighted by atomic mass is 32.2. The van der Waals surface area contributed by atoms with Gasteiger partial charge in [-0.15, -0.1) is 11.8 Å². The Morgan fingerprint density at radius 3 is 2.87 bits per heavy atom. The molecule has 0 aliphatic carbocycles. The number of hydrogen-bond donors (Lipinski definition) is 1. The van der Waals surface area contributed by atoms with Gasteiger partial charge in [0.05, 0.1) is 11.4 Å². The second-order valence-electron chi connectivity index (χ2n) is 5.06. The van der Waals surface area contributed by atoms with Gasteiger partial charge in [-0.25, -0.2) is 0 Å². The fraction of sp³-hybridized carbons (Fsp3) is 0.412. The molecule has 0 saturated carbocycles. The lowest BCUT2D eigenvalue weighted by Gasteiger charge is -2.28. The summed E-state index contributed by atoms with van der Waals surface area (Å²) < 4.78 is 5.23. The third-order valence-electron chi connectivity index (χ3n) is 3.36. The van der Waals surface area contributed by atoms with Crippen LogP contribution in [0.2, 0.25) is 0 Å². The maximum atomic E-state index is 12.2. The van der Waals surface area contributed by atoms with Gasteiger partial charge in [-0.05, 0) is 24.3 Å². The van der Waals surface area contributed by atoms with E-state index < -0.39 is 0 Å². The number of thioether (sulfide) groups is 1. The Morgan fingerprint density at radius 1 is 1.35 bits per heavy atom. The Morgan fingerprint density at radius 2 is 2.13 bits per heavy atom. The monoisotopic (exact) mass is 334 g/mol. The Labute approximate surface area is 141 Å². The Bertz CT molecular complexity index is 560. The average Bonchev–Trinajstić information content (AvgIpc) is 2.57. The summed E-state index contributed by atoms with van der Waals surface area (Å²) in [4.78, 5) is 25.8. The van der Waals surface area contributed by atoms with Crippen molar-refractivity contribution in [1.29, 1.82) is 0 Å². The Kier molecular flexibility index (Phi) is 7.16. The molecule has 1 aliphatic heterocycles. The first kappa shape index (κ1) is 17.6. The van der Waals surface area contributed by atoms with Gasteiger partial charge in [0, 0.05) is 19.8 Å². The molecule has 0 atom stereocenters. The van der Waals surface area contributed by atoms with Gasteiger partial charge in [0.25, 0.3) is 0 Å². The summed E-state index contributed by atoms with van der Waals surface area (Å²) in [5.74, 6) is 0.179. The number of carbonyl (C=O) groups is 2. The molecule has 2 rings (SSSR count). The molecule has 1 aliphatic rings. The van der Waals surface area contributed by atoms with Crippen LogP contribution in [0.15, 0.2) is 35.7 Å². The van der Waals surface area contributed by atoms with Crippen LogP contribution in [0.25, 0.3) is 5.70 Å². The van der Waals surface area contributed by atoms with Crippen LogP contribution < -0.4 is 5.32 Å². The van der Waals surface area contributed by atoms with Gasteiger partial charge in [0.15, 0.2) is 0 Å². The van der Waals surface area contributed by atoms with Crippen LogP contribution in [-0.2, 0) is 14.3 Å². The molecule has 0 unspecified atom stereocenters. The molecule has 0 saturated heterocycles. The number of hydrogen-bond acceptors (Lipinski definition) is 4. The zero-order chi connectivity index (χ0) is 16.5. The number of nitrogens with one attached hydrogen (secondary N) is 1. The lowest BCUT2D eigenvalue weighted by Crippen LogP contribution is -2.41. The SMILES string of the molecule is CCOCCCNC(=O)CN1C(=O)CSC=C1c1ccccc1. The molecule has 5 nitrogen and oxygen atoms in total. The number of amides is 2. The second-order valence-corrected chi connectivity index (χ2v) is 5.92. The van der Waals surface area contributed by atoms with Crippen LogP contribution in [0, 0.1) is 0 Å². The van der Waals surface area contributed by atoms with Gasteiger partial charge in [0.1, 0.15) is 6.54 Å². The molecule has 0 radical (unpaired) electrons. The van der Waals surface area contributed by atoms with Gasteiger partial charge in [0.2, 0.25) is 11.8 Å². The molecule has 1 heterocycles. The molecule has 23 heavy (non-hydrogen) atoms. The highest BCUT2D eigenvalue weighted by Crippen LogP contribution is 2.27. The van der Waals surface area contributed by atoms with E-state index in [4.69, 9.17) is 4.74 Å². The first-order chi connectivity index (χ1) is 11.2. The number of benzene rings is 1. The smallest absolute Gasteiger partial charge is 0.240 e. The molecule has 0 aromatic heterocycles. The molecule has 0 bridgehead atoms. The van der Waals surface area contributed by atoms with Crippen LogP contribution in [0.5, 0.6) is 0 Å². The summed E-state index contributed by atoms with van der Waals surface area (Å²) in [6.07, 6.45) is 0.769. The summed E-state index contributed by atoms with van der Waals surface area (Å²) in [5.41, 5.74) is 1.73. The Balaban J connectivity index is 1.93. The van der Waals surface area contributed by atoms with Crippen molar-refractivity contribution in [2.45, 2.75) is 13.3 Å². The van der Waals surface area contributed by atoms with E-state index in [1.54, 1.807) is 4.90 Å². The quantitative estimate of drug-likeness (QED) is 0.740. The maximum Gasteiger partial charge on any atom is 0.240 e. The van der Waals surface area contributed by atoms with Crippen molar-refractivity contribution >= 4 is 29.3 Å². The molecular formula is C17H22N2O3S. The van der Waals surface area contributed by atoms with Gasteiger partial charge in [-0.2, -0.15) is 0 Å². The molecule has 0 spiro atoms. The number of ether oxygens (including phenoxy) is 1. The molecule has 124 valence electrons. The van der Waals surface area contributed by atoms with Crippen LogP contribution >= 0.6 is 11.8 Å². The highest BCUT2D eigenvalue weighted by molar-refractivity contribution is 8.03. The predicted octanol–water partition coefficient (Wildman–Crippen LogP) is 2.10. The van der Waals surface area contributed by atoms with Gasteiger partial charge < -0.3 is 15.0 Å². The molecule has 0 fully saturated rings. The molecule has 1 aromatic carbocycles. The lowest BCUT2D eigenvalue weighted by atomic mass is 10.1. The fourth-order valence-corrected chi connectivity index (χ4v) is 3.02. The van der Waals surface area contributed by atoms with Gasteiger partial charge >= 0.3 is 0 Å². The Hall–Kier alpha value is -1.79. The van der Waals surface area contributed by atoms with E-state index >= 15 is 0 Å². The molecule has 1 aromatic rings. The minimum absolute atomic E-state index is 0.0409. The second kappa shape index (κ2) is 9.37. The van der Waals surface area contributed by atoms with Crippen LogP contribution in [0.4, 0.5) is 0 Å². The third kappa shape index (κ3) is 5.41. The van der Waals surface area contributed by atoms with E-state index in [0.29, 0.717) is 25.5 Å². The topological polar surface area (TPSA) is 58.6 Å². The summed E-state index contributed by atoms with van der Waals surface area (Å²) >= 11 is 1.46. The lowest BCUT2D eigenvalue weighted by molar-refractivity contribution is -0.131. The fourth-order valence-electron chi connectivity index (χ4n) is 2.22. The van der Waals surface area contributed by atoms with Crippen LogP contribution in [0.1, 0.15) is 18.9 Å². The molecular weight excluding hydrogens is 312 g/mol. The van der Waals surface area contributed by atoms with E-state index in [1.165, 1.54) is 11.8 Å². The van der Waals surface area contributed by atoms with Gasteiger partial charge in [-0.1, -0.05) is 30.3 Å². The largest absolute Gasteiger partial charge is 0.382 e. The minimum atomic E-state index is -0.149. The van der Waals surface area contributed by atoms with Crippen molar-refractivity contribution in [3.05, 3.63) is 41.3 Å². The summed E-state index contributed by atoms with van der Waals surface area (Å²) in [7, 11) is 0. The predicted molar refractivity (Wildman–Crippen MR) is 92.7 cm³/mol. The standard InChI is InChI=1S/C17H22N2O3S/c1-2-22-10-6-9-18-16(20)11-19-15(12-23-13-17(19)21)14-7-4-3-5-8-14/h3-5,7-8,12H,2,6,9-11,13H2,1H3,(H,18,20). The van der Waals surface area contributed by atoms with Crippen molar-refractivity contribution in [1.82, 2.24) is 10.2 Å². The van der Waals surface area contributed by atoms with Crippen molar-refractivity contribution in [3.8, 4) is 0 Å². The van der Waals surface area contributed by atoms with Crippen LogP contribution in [-0.4, -0.2) is 48.8 Å². The van der Waals surface area contributed by atoms with Crippen molar-refractivity contribution in [2.24, 2.45) is 0 Å². The first-order valence-corrected chi connectivity index (χ1v) is 8.79. The van der Waals surface area contributed by atoms with Gasteiger partial charge in [-0.3, -0.25) is 9.59 Å². The summed E-state index contributed by atoms with van der Waals surface area (Å²) in [6.45, 7) is 3.86. The molecule has 2 amide bonds. The summed E-state index contributed by atoms with van der Waals surface area (Å²) in [5, 5.41) is 4.78. The minimum Gasteiger partial charge on any atom is -0.382 e. The van der Waals surface area contributed by atoms with E-state index in [-0.39, 0.29) is 18.4 Å². The normalized spacial score (nSPS) is 14.6. The van der Waals surface area contributed by atoms with E-state index in [1.807, 2.05) is 42.7 Å². The van der Waals surface area contributed by atoms with E-state index in [2.05, 4.69) is 5.32 Å². The molecule has 1 N–H and O–H groups in total. The number of rotatable bonds is 8. The number of carbonyl (C=O) groups excluding carboxylic acids is 2. The zero-order valence-corrected chi connectivity index (χ0v) is 14.1. The summed E-state index contributed by atoms with van der Waals surface area (Å²) in [6, 6.07) is 9.66. The third-order valence-corrected chi connectivity index (χ3v) is 4.16. The maximum absolute atomic E-state index is 12.2. The van der Waals surface area contributed by atoms with Crippen molar-refractivity contribution in [3.63, 3.8) is 0 Å². The zero-order valence-electron chi connectivity index (χ0n) is 13.3. The van der Waals surface area contributed by atoms with Crippen molar-refractivity contribution in [2.75, 3.05) is 32.1 Å². The average molecular weight is 334 g/mol. The van der Waals surface area contributed by atoms with Crippen LogP contribution in [0.3, 0.4) is 0 Å². The molecule has 6 heteroatoms.